The zero-order valence-corrected chi connectivity index (χ0v) is 15.1. The third-order valence-corrected chi connectivity index (χ3v) is 4.78. The van der Waals surface area contributed by atoms with Gasteiger partial charge in [-0.2, -0.15) is 0 Å². The zero-order chi connectivity index (χ0) is 16.1. The molecule has 2 aromatic rings. The quantitative estimate of drug-likeness (QED) is 0.284. The van der Waals surface area contributed by atoms with Gasteiger partial charge in [0.25, 0.3) is 0 Å². The molecule has 118 valence electrons. The van der Waals surface area contributed by atoms with Crippen LogP contribution in [0.1, 0.15) is 34.3 Å². The number of hydrogen-bond acceptors (Lipinski definition) is 2. The van der Waals surface area contributed by atoms with Gasteiger partial charge in [0.05, 0.1) is 6.61 Å². The topological polar surface area (TPSA) is 26.3 Å². The molecule has 0 radical (unpaired) electrons. The van der Waals surface area contributed by atoms with Gasteiger partial charge < -0.3 is 4.74 Å². The Labute approximate surface area is 150 Å². The molecule has 0 spiro atoms. The number of ketones is 1. The molecule has 0 saturated heterocycles. The summed E-state index contributed by atoms with van der Waals surface area (Å²) in [5, 5.41) is 0. The summed E-state index contributed by atoms with van der Waals surface area (Å²) < 4.78 is 7.11. The summed E-state index contributed by atoms with van der Waals surface area (Å²) >= 11 is 2.35. The third-order valence-electron chi connectivity index (χ3n) is 4.01. The van der Waals surface area contributed by atoms with Crippen molar-refractivity contribution in [2.75, 3.05) is 11.0 Å². The first-order valence-corrected chi connectivity index (χ1v) is 9.43. The van der Waals surface area contributed by atoms with E-state index in [-0.39, 0.29) is 5.78 Å². The lowest BCUT2D eigenvalue weighted by atomic mass is 9.87. The van der Waals surface area contributed by atoms with E-state index in [0.717, 1.165) is 46.1 Å². The van der Waals surface area contributed by atoms with Crippen LogP contribution >= 0.6 is 22.6 Å². The number of Topliss-reactive ketones (excluding diaryl/α,β-unsaturated/α-hetero) is 1. The molecule has 0 fully saturated rings. The van der Waals surface area contributed by atoms with Crippen molar-refractivity contribution in [1.29, 1.82) is 0 Å². The van der Waals surface area contributed by atoms with Gasteiger partial charge in [0.15, 0.2) is 5.78 Å². The van der Waals surface area contributed by atoms with Crippen molar-refractivity contribution in [3.63, 3.8) is 0 Å². The molecule has 0 atom stereocenters. The second kappa shape index (κ2) is 7.77. The number of fused-ring (bicyclic) bond motifs is 1. The fourth-order valence-electron chi connectivity index (χ4n) is 2.87. The number of halogens is 1. The highest BCUT2D eigenvalue weighted by molar-refractivity contribution is 14.1. The predicted molar refractivity (Wildman–Crippen MR) is 102 cm³/mol. The van der Waals surface area contributed by atoms with Crippen LogP contribution in [0.15, 0.2) is 60.2 Å². The van der Waals surface area contributed by atoms with Crippen molar-refractivity contribution in [3.05, 3.63) is 76.9 Å². The van der Waals surface area contributed by atoms with Gasteiger partial charge >= 0.3 is 0 Å². The number of ether oxygens (including phenoxy) is 1. The molecule has 0 amide bonds. The summed E-state index contributed by atoms with van der Waals surface area (Å²) in [6.07, 6.45) is 2.62. The maximum absolute atomic E-state index is 12.9. The molecular weight excluding hydrogens is 399 g/mol. The lowest BCUT2D eigenvalue weighted by Gasteiger charge is -2.23. The van der Waals surface area contributed by atoms with Crippen LogP contribution in [0.5, 0.6) is 0 Å². The molecule has 1 aliphatic rings. The molecule has 0 aromatic heterocycles. The average molecular weight is 418 g/mol. The maximum atomic E-state index is 12.9. The van der Waals surface area contributed by atoms with Crippen molar-refractivity contribution in [2.24, 2.45) is 0 Å². The Balaban J connectivity index is 2.00. The van der Waals surface area contributed by atoms with E-state index in [1.807, 2.05) is 42.5 Å². The molecule has 3 rings (SSSR count). The summed E-state index contributed by atoms with van der Waals surface area (Å²) in [6.45, 7) is 0.651. The van der Waals surface area contributed by atoms with E-state index in [9.17, 15) is 4.79 Å². The lowest BCUT2D eigenvalue weighted by molar-refractivity contribution is 0.102. The van der Waals surface area contributed by atoms with Crippen LogP contribution in [0.4, 0.5) is 0 Å². The number of aryl methyl sites for hydroxylation is 1. The summed E-state index contributed by atoms with van der Waals surface area (Å²) in [5.41, 5.74) is 3.88. The molecule has 0 unspecified atom stereocenters. The SMILES string of the molecule is O=C(C1=C(OCCCI)c2ccccc2CC1)c1ccccc1. The van der Waals surface area contributed by atoms with Gasteiger partial charge in [0, 0.05) is 21.1 Å². The number of carbonyl (C=O) groups is 1. The molecule has 3 heteroatoms. The number of rotatable bonds is 6. The number of carbonyl (C=O) groups excluding carboxylic acids is 1. The highest BCUT2D eigenvalue weighted by atomic mass is 127. The van der Waals surface area contributed by atoms with E-state index in [2.05, 4.69) is 34.7 Å². The highest BCUT2D eigenvalue weighted by Crippen LogP contribution is 2.34. The van der Waals surface area contributed by atoms with Crippen molar-refractivity contribution in [2.45, 2.75) is 19.3 Å². The minimum atomic E-state index is 0.0876. The van der Waals surface area contributed by atoms with Crippen LogP contribution in [0.2, 0.25) is 0 Å². The van der Waals surface area contributed by atoms with Gasteiger partial charge in [0.2, 0.25) is 0 Å². The number of hydrogen-bond donors (Lipinski definition) is 0. The smallest absolute Gasteiger partial charge is 0.192 e. The molecule has 0 bridgehead atoms. The van der Waals surface area contributed by atoms with Crippen LogP contribution < -0.4 is 0 Å². The van der Waals surface area contributed by atoms with Gasteiger partial charge in [-0.05, 0) is 24.8 Å². The second-order valence-corrected chi connectivity index (χ2v) is 6.63. The number of allylic oxidation sites excluding steroid dienone is 1. The summed E-state index contributed by atoms with van der Waals surface area (Å²) in [5.74, 6) is 0.870. The first kappa shape index (κ1) is 16.2. The fraction of sp³-hybridized carbons (Fsp3) is 0.250. The Morgan fingerprint density at radius 3 is 2.52 bits per heavy atom. The molecule has 0 heterocycles. The van der Waals surface area contributed by atoms with Gasteiger partial charge in [-0.25, -0.2) is 0 Å². The first-order chi connectivity index (χ1) is 11.3. The summed E-state index contributed by atoms with van der Waals surface area (Å²) in [6, 6.07) is 17.7. The zero-order valence-electron chi connectivity index (χ0n) is 12.9. The largest absolute Gasteiger partial charge is 0.492 e. The summed E-state index contributed by atoms with van der Waals surface area (Å²) in [7, 11) is 0. The van der Waals surface area contributed by atoms with E-state index in [4.69, 9.17) is 4.74 Å². The molecule has 1 aliphatic carbocycles. The first-order valence-electron chi connectivity index (χ1n) is 7.91. The Bertz CT molecular complexity index is 719. The normalized spacial score (nSPS) is 13.6. The van der Waals surface area contributed by atoms with Crippen LogP contribution in [-0.2, 0) is 11.2 Å². The Morgan fingerprint density at radius 2 is 1.74 bits per heavy atom. The second-order valence-electron chi connectivity index (χ2n) is 5.55. The van der Waals surface area contributed by atoms with E-state index >= 15 is 0 Å². The van der Waals surface area contributed by atoms with Crippen LogP contribution in [0, 0.1) is 0 Å². The predicted octanol–water partition coefficient (Wildman–Crippen LogP) is 5.07. The summed E-state index contributed by atoms with van der Waals surface area (Å²) in [4.78, 5) is 12.9. The molecule has 2 aromatic carbocycles. The third kappa shape index (κ3) is 3.66. The Hall–Kier alpha value is -1.62. The monoisotopic (exact) mass is 418 g/mol. The highest BCUT2D eigenvalue weighted by Gasteiger charge is 2.25. The van der Waals surface area contributed by atoms with Crippen molar-refractivity contribution in [1.82, 2.24) is 0 Å². The molecule has 0 saturated carbocycles. The van der Waals surface area contributed by atoms with E-state index in [1.54, 1.807) is 0 Å². The van der Waals surface area contributed by atoms with E-state index in [0.29, 0.717) is 6.61 Å². The van der Waals surface area contributed by atoms with Crippen LogP contribution in [0.3, 0.4) is 0 Å². The molecule has 23 heavy (non-hydrogen) atoms. The minimum absolute atomic E-state index is 0.0876. The standard InChI is InChI=1S/C20H19IO2/c21-13-6-14-23-20-17-10-5-4-7-15(17)11-12-18(20)19(22)16-8-2-1-3-9-16/h1-5,7-10H,6,11-14H2. The average Bonchev–Trinajstić information content (AvgIpc) is 2.62. The van der Waals surface area contributed by atoms with E-state index < -0.39 is 0 Å². The van der Waals surface area contributed by atoms with Gasteiger partial charge in [-0.15, -0.1) is 0 Å². The van der Waals surface area contributed by atoms with E-state index in [1.165, 1.54) is 5.56 Å². The van der Waals surface area contributed by atoms with Crippen molar-refractivity contribution < 1.29 is 9.53 Å². The van der Waals surface area contributed by atoms with Gasteiger partial charge in [0.1, 0.15) is 5.76 Å². The van der Waals surface area contributed by atoms with Crippen LogP contribution in [-0.4, -0.2) is 16.8 Å². The molecule has 0 N–H and O–H groups in total. The Kier molecular flexibility index (Phi) is 5.49. The molecule has 2 nitrogen and oxygen atoms in total. The lowest BCUT2D eigenvalue weighted by Crippen LogP contribution is -2.15. The Morgan fingerprint density at radius 1 is 1.00 bits per heavy atom. The van der Waals surface area contributed by atoms with Crippen molar-refractivity contribution >= 4 is 34.1 Å². The minimum Gasteiger partial charge on any atom is -0.492 e. The van der Waals surface area contributed by atoms with Crippen molar-refractivity contribution in [3.8, 4) is 0 Å². The van der Waals surface area contributed by atoms with Gasteiger partial charge in [-0.3, -0.25) is 4.79 Å². The maximum Gasteiger partial charge on any atom is 0.192 e. The fourth-order valence-corrected chi connectivity index (χ4v) is 3.18. The molecular formula is C20H19IO2. The number of benzene rings is 2. The number of alkyl halides is 1. The van der Waals surface area contributed by atoms with Gasteiger partial charge in [-0.1, -0.05) is 77.2 Å². The van der Waals surface area contributed by atoms with Crippen LogP contribution in [0.25, 0.3) is 5.76 Å². The molecule has 0 aliphatic heterocycles.